The zero-order chi connectivity index (χ0) is 27.1. The molecular formula is C22H25F5N6O3S. The lowest BCUT2D eigenvalue weighted by atomic mass is 10.2. The maximum atomic E-state index is 12.9. The van der Waals surface area contributed by atoms with E-state index >= 15 is 0 Å². The maximum Gasteiger partial charge on any atom is 0.314 e. The smallest absolute Gasteiger partial charge is 0.314 e. The van der Waals surface area contributed by atoms with Crippen molar-refractivity contribution in [2.75, 3.05) is 24.2 Å². The summed E-state index contributed by atoms with van der Waals surface area (Å²) in [7, 11) is -9.81. The number of nitrogens with one attached hydrogen (secondary N) is 1. The van der Waals surface area contributed by atoms with E-state index in [4.69, 9.17) is 10.5 Å². The van der Waals surface area contributed by atoms with Crippen LogP contribution in [0.25, 0.3) is 10.9 Å². The van der Waals surface area contributed by atoms with E-state index in [-0.39, 0.29) is 48.5 Å². The molecule has 37 heavy (non-hydrogen) atoms. The molecule has 3 N–H and O–H groups in total. The Labute approximate surface area is 208 Å². The van der Waals surface area contributed by atoms with Crippen LogP contribution in [0.5, 0.6) is 0 Å². The van der Waals surface area contributed by atoms with Gasteiger partial charge in [-0.3, -0.25) is 9.59 Å². The van der Waals surface area contributed by atoms with Crippen molar-refractivity contribution in [1.29, 1.82) is 0 Å². The minimum Gasteiger partial charge on any atom is -0.383 e. The molecule has 0 radical (unpaired) electrons. The van der Waals surface area contributed by atoms with E-state index in [9.17, 15) is 29.0 Å². The first-order valence-corrected chi connectivity index (χ1v) is 13.3. The van der Waals surface area contributed by atoms with Crippen molar-refractivity contribution >= 4 is 44.4 Å². The predicted molar refractivity (Wildman–Crippen MR) is 128 cm³/mol. The number of halogens is 5. The van der Waals surface area contributed by atoms with Gasteiger partial charge in [0.2, 0.25) is 0 Å². The fraction of sp³-hybridized carbons (Fsp3) is 0.364. The fourth-order valence-corrected chi connectivity index (χ4v) is 4.58. The van der Waals surface area contributed by atoms with Gasteiger partial charge in [0.15, 0.2) is 0 Å². The standard InChI is InChI=1S/C22H25F5N6O3S/c1-2-32(12-14-6-8-15(9-7-14)37(23,24,25,26)27)22(35)21(34)30-17-11-29-20(28)16-13-33(31-19(16)17)18-5-3-4-10-36-18/h6-9,11,13,18H,2-5,10,12H2,1H3,(H2,28,29)(H,30,34). The molecule has 9 nitrogen and oxygen atoms in total. The molecular weight excluding hydrogens is 523 g/mol. The van der Waals surface area contributed by atoms with E-state index < -0.39 is 26.9 Å². The number of pyridine rings is 1. The van der Waals surface area contributed by atoms with E-state index in [1.807, 2.05) is 0 Å². The van der Waals surface area contributed by atoms with Gasteiger partial charge in [-0.15, -0.1) is 0 Å². The van der Waals surface area contributed by atoms with Gasteiger partial charge in [0.25, 0.3) is 0 Å². The van der Waals surface area contributed by atoms with Crippen LogP contribution in [0, 0.1) is 0 Å². The molecule has 1 atom stereocenters. The Kier molecular flexibility index (Phi) is 6.35. The van der Waals surface area contributed by atoms with Crippen LogP contribution in [0.3, 0.4) is 0 Å². The van der Waals surface area contributed by atoms with Crippen molar-refractivity contribution < 1.29 is 33.8 Å². The average molecular weight is 549 g/mol. The summed E-state index contributed by atoms with van der Waals surface area (Å²) < 4.78 is 72.1. The maximum absolute atomic E-state index is 12.9. The number of amides is 2. The minimum absolute atomic E-state index is 0.0264. The van der Waals surface area contributed by atoms with Crippen LogP contribution in [-0.2, 0) is 20.9 Å². The number of fused-ring (bicyclic) bond motifs is 1. The summed E-state index contributed by atoms with van der Waals surface area (Å²) in [6, 6.07) is 2.21. The normalized spacial score (nSPS) is 18.2. The first-order chi connectivity index (χ1) is 17.2. The number of nitrogens with zero attached hydrogens (tertiary/aromatic N) is 4. The molecule has 0 aliphatic carbocycles. The quantitative estimate of drug-likeness (QED) is 0.317. The Bertz CT molecular complexity index is 1340. The number of ether oxygens (including phenoxy) is 1. The number of carbonyl (C=O) groups excluding carboxylic acids is 2. The summed E-state index contributed by atoms with van der Waals surface area (Å²) in [5, 5.41) is 7.38. The van der Waals surface area contributed by atoms with Crippen molar-refractivity contribution in [1.82, 2.24) is 19.7 Å². The zero-order valence-corrected chi connectivity index (χ0v) is 20.5. The molecule has 0 spiro atoms. The van der Waals surface area contributed by atoms with Gasteiger partial charge in [-0.05, 0) is 43.9 Å². The second-order valence-electron chi connectivity index (χ2n) is 8.64. The van der Waals surface area contributed by atoms with Gasteiger partial charge in [-0.2, -0.15) is 5.10 Å². The van der Waals surface area contributed by atoms with Crippen LogP contribution in [0.1, 0.15) is 38.0 Å². The second kappa shape index (κ2) is 8.83. The number of hydrogen-bond acceptors (Lipinski definition) is 6. The molecule has 4 rings (SSSR count). The SMILES string of the molecule is CCN(Cc1ccc(S(F)(F)(F)(F)F)cc1)C(=O)C(=O)Nc1cnc(N)c2cn(C3CCCCO3)nc12. The molecule has 1 unspecified atom stereocenters. The number of rotatable bonds is 6. The highest BCUT2D eigenvalue weighted by Crippen LogP contribution is 3.02. The lowest BCUT2D eigenvalue weighted by Gasteiger charge is -2.40. The Morgan fingerprint density at radius 3 is 2.49 bits per heavy atom. The Morgan fingerprint density at radius 1 is 1.19 bits per heavy atom. The van der Waals surface area contributed by atoms with Crippen molar-refractivity contribution in [2.45, 2.75) is 43.9 Å². The molecule has 1 saturated heterocycles. The Balaban J connectivity index is 1.50. The highest BCUT2D eigenvalue weighted by Gasteiger charge is 2.65. The van der Waals surface area contributed by atoms with E-state index in [2.05, 4.69) is 15.4 Å². The average Bonchev–Trinajstić information content (AvgIpc) is 3.30. The summed E-state index contributed by atoms with van der Waals surface area (Å²) in [4.78, 5) is 28.6. The van der Waals surface area contributed by atoms with Gasteiger partial charge in [0.05, 0.1) is 17.3 Å². The van der Waals surface area contributed by atoms with Crippen LogP contribution >= 0.6 is 10.2 Å². The molecule has 15 heteroatoms. The van der Waals surface area contributed by atoms with Gasteiger partial charge >= 0.3 is 22.0 Å². The molecule has 3 heterocycles. The summed E-state index contributed by atoms with van der Waals surface area (Å²) >= 11 is 0. The molecule has 1 aliphatic heterocycles. The number of nitrogens with two attached hydrogens (primary N) is 1. The summed E-state index contributed by atoms with van der Waals surface area (Å²) in [6.45, 7) is 1.90. The van der Waals surface area contributed by atoms with Crippen LogP contribution in [-0.4, -0.2) is 44.6 Å². The molecule has 202 valence electrons. The van der Waals surface area contributed by atoms with Crippen molar-refractivity contribution in [3.63, 3.8) is 0 Å². The molecule has 1 aliphatic rings. The molecule has 1 fully saturated rings. The van der Waals surface area contributed by atoms with Crippen LogP contribution in [0.2, 0.25) is 0 Å². The number of anilines is 2. The number of aromatic nitrogens is 3. The minimum atomic E-state index is -9.81. The number of carbonyl (C=O) groups is 2. The Morgan fingerprint density at radius 2 is 1.89 bits per heavy atom. The van der Waals surface area contributed by atoms with E-state index in [0.29, 0.717) is 17.5 Å². The third-order valence-electron chi connectivity index (χ3n) is 5.90. The van der Waals surface area contributed by atoms with Gasteiger partial charge in [0.1, 0.15) is 22.5 Å². The van der Waals surface area contributed by atoms with E-state index in [0.717, 1.165) is 36.3 Å². The van der Waals surface area contributed by atoms with Gasteiger partial charge in [0, 0.05) is 25.9 Å². The third-order valence-corrected chi connectivity index (χ3v) is 7.06. The topological polar surface area (TPSA) is 115 Å². The number of hydrogen-bond donors (Lipinski definition) is 2. The molecule has 2 amide bonds. The first-order valence-electron chi connectivity index (χ1n) is 11.3. The highest BCUT2D eigenvalue weighted by molar-refractivity contribution is 8.45. The van der Waals surface area contributed by atoms with Crippen LogP contribution in [0.15, 0.2) is 41.6 Å². The first kappa shape index (κ1) is 26.6. The monoisotopic (exact) mass is 548 g/mol. The molecule has 2 aromatic heterocycles. The molecule has 1 aromatic carbocycles. The van der Waals surface area contributed by atoms with Crippen LogP contribution < -0.4 is 11.1 Å². The fourth-order valence-electron chi connectivity index (χ4n) is 3.93. The van der Waals surface area contributed by atoms with Crippen LogP contribution in [0.4, 0.5) is 30.9 Å². The molecule has 0 bridgehead atoms. The lowest BCUT2D eigenvalue weighted by Crippen LogP contribution is -2.39. The third kappa shape index (κ3) is 5.93. The van der Waals surface area contributed by atoms with Crippen molar-refractivity contribution in [3.05, 3.63) is 42.2 Å². The van der Waals surface area contributed by atoms with Crippen molar-refractivity contribution in [3.8, 4) is 0 Å². The molecule has 3 aromatic rings. The predicted octanol–water partition coefficient (Wildman–Crippen LogP) is 5.36. The van der Waals surface area contributed by atoms with Gasteiger partial charge < -0.3 is 20.7 Å². The zero-order valence-electron chi connectivity index (χ0n) is 19.7. The van der Waals surface area contributed by atoms with Crippen molar-refractivity contribution in [2.24, 2.45) is 0 Å². The van der Waals surface area contributed by atoms with E-state index in [1.54, 1.807) is 17.8 Å². The van der Waals surface area contributed by atoms with Gasteiger partial charge in [-0.1, -0.05) is 31.6 Å². The second-order valence-corrected chi connectivity index (χ2v) is 11.0. The largest absolute Gasteiger partial charge is 0.383 e. The number of nitrogen functional groups attached to an aromatic ring is 1. The lowest BCUT2D eigenvalue weighted by molar-refractivity contribution is -0.143. The summed E-state index contributed by atoms with van der Waals surface area (Å²) in [6.07, 6.45) is 5.26. The summed E-state index contributed by atoms with van der Waals surface area (Å²) in [5.74, 6) is -1.85. The van der Waals surface area contributed by atoms with E-state index in [1.165, 1.54) is 6.20 Å². The Hall–Kier alpha value is -3.46. The highest BCUT2D eigenvalue weighted by atomic mass is 32.5. The molecule has 0 saturated carbocycles. The van der Waals surface area contributed by atoms with Gasteiger partial charge in [-0.25, -0.2) is 9.67 Å². The summed E-state index contributed by atoms with van der Waals surface area (Å²) in [5.41, 5.74) is 6.53. The number of likely N-dealkylation sites (N-methyl/N-ethyl adjacent to an activating group) is 1. The number of benzene rings is 1.